The van der Waals surface area contributed by atoms with E-state index in [0.29, 0.717) is 16.6 Å². The molecule has 0 saturated carbocycles. The molecule has 1 N–H and O–H groups in total. The van der Waals surface area contributed by atoms with Gasteiger partial charge in [0.05, 0.1) is 12.6 Å². The number of aromatic nitrogens is 4. The molecule has 0 fully saturated rings. The zero-order valence-corrected chi connectivity index (χ0v) is 19.8. The molecule has 0 amide bonds. The fourth-order valence-corrected chi connectivity index (χ4v) is 3.37. The van der Waals surface area contributed by atoms with Gasteiger partial charge in [0.2, 0.25) is 5.95 Å². The summed E-state index contributed by atoms with van der Waals surface area (Å²) in [5, 5.41) is 2.97. The highest BCUT2D eigenvalue weighted by molar-refractivity contribution is 6.29. The molecule has 32 heavy (non-hydrogen) atoms. The van der Waals surface area contributed by atoms with Crippen molar-refractivity contribution >= 4 is 29.2 Å². The smallest absolute Gasteiger partial charge is 0.355 e. The van der Waals surface area contributed by atoms with Gasteiger partial charge in [-0.25, -0.2) is 19.1 Å². The van der Waals surface area contributed by atoms with Crippen molar-refractivity contribution in [3.05, 3.63) is 85.8 Å². The number of halogens is 2. The van der Waals surface area contributed by atoms with Crippen LogP contribution in [0.5, 0.6) is 0 Å². The first-order valence-corrected chi connectivity index (χ1v) is 11.0. The third kappa shape index (κ3) is 5.69. The zero-order chi connectivity index (χ0) is 23.4. The summed E-state index contributed by atoms with van der Waals surface area (Å²) in [6.07, 6.45) is 8.56. The van der Waals surface area contributed by atoms with Crippen molar-refractivity contribution in [3.63, 3.8) is 0 Å². The van der Waals surface area contributed by atoms with Gasteiger partial charge in [-0.3, -0.25) is 4.57 Å². The molecule has 1 aliphatic rings. The first-order chi connectivity index (χ1) is 15.2. The van der Waals surface area contributed by atoms with Crippen LogP contribution in [0.4, 0.5) is 5.95 Å². The number of nitrogens with zero attached hydrogens (tertiary/aromatic N) is 4. The molecule has 0 aromatic carbocycles. The highest BCUT2D eigenvalue weighted by atomic mass is 35.5. The van der Waals surface area contributed by atoms with E-state index >= 15 is 0 Å². The largest absolute Gasteiger partial charge is 0.493 e. The number of ether oxygens (including phenoxy) is 1. The lowest BCUT2D eigenvalue weighted by molar-refractivity contribution is 0.145. The number of pyridine rings is 1. The molecule has 2 aromatic rings. The maximum atomic E-state index is 13.2. The van der Waals surface area contributed by atoms with Crippen molar-refractivity contribution in [2.24, 2.45) is 0 Å². The lowest BCUT2D eigenvalue weighted by atomic mass is 10.3. The number of rotatable bonds is 7. The zero-order valence-electron chi connectivity index (χ0n) is 18.3. The number of hydrogen-bond acceptors (Lipinski definition) is 6. The second-order valence-corrected chi connectivity index (χ2v) is 8.64. The molecular formula is C22H25Cl2N5O3. The maximum Gasteiger partial charge on any atom is 0.355 e. The van der Waals surface area contributed by atoms with E-state index in [2.05, 4.69) is 15.3 Å². The molecule has 0 aliphatic heterocycles. The van der Waals surface area contributed by atoms with Crippen LogP contribution in [0.2, 0.25) is 5.15 Å². The minimum absolute atomic E-state index is 0.0257. The first-order valence-electron chi connectivity index (χ1n) is 10.2. The summed E-state index contributed by atoms with van der Waals surface area (Å²) in [5.74, 6) is 0.707. The normalized spacial score (nSPS) is 16.1. The molecular weight excluding hydrogens is 453 g/mol. The van der Waals surface area contributed by atoms with Crippen molar-refractivity contribution in [1.82, 2.24) is 19.1 Å². The standard InChI is InChI=1S/C22H25Cl2N5O3/c1-13(2)29-21(30)27-20(28(22(29)31)12-15-5-10-19(24)25-11-15)26-16-6-8-17(23)18(9-7-16)32-14(3)4/h5-11,13-14,17H,12H2,1-4H3,(H,26,27,30). The Kier molecular flexibility index (Phi) is 7.58. The van der Waals surface area contributed by atoms with Crippen molar-refractivity contribution in [1.29, 1.82) is 0 Å². The van der Waals surface area contributed by atoms with Crippen LogP contribution in [0.25, 0.3) is 0 Å². The molecule has 8 nitrogen and oxygen atoms in total. The Balaban J connectivity index is 2.03. The van der Waals surface area contributed by atoms with Crippen LogP contribution >= 0.6 is 23.2 Å². The molecule has 1 unspecified atom stereocenters. The van der Waals surface area contributed by atoms with Gasteiger partial charge in [0.15, 0.2) is 0 Å². The monoisotopic (exact) mass is 477 g/mol. The highest BCUT2D eigenvalue weighted by Crippen LogP contribution is 2.20. The average molecular weight is 478 g/mol. The van der Waals surface area contributed by atoms with Crippen molar-refractivity contribution in [2.75, 3.05) is 5.32 Å². The van der Waals surface area contributed by atoms with Gasteiger partial charge in [-0.05, 0) is 57.6 Å². The lowest BCUT2D eigenvalue weighted by Crippen LogP contribution is -2.43. The Morgan fingerprint density at radius 3 is 2.56 bits per heavy atom. The molecule has 1 aliphatic carbocycles. The molecule has 170 valence electrons. The summed E-state index contributed by atoms with van der Waals surface area (Å²) in [5.41, 5.74) is 0.208. The van der Waals surface area contributed by atoms with Crippen LogP contribution in [0.1, 0.15) is 39.3 Å². The minimum Gasteiger partial charge on any atom is -0.493 e. The third-order valence-electron chi connectivity index (χ3n) is 4.52. The molecule has 0 saturated heterocycles. The summed E-state index contributed by atoms with van der Waals surface area (Å²) in [6, 6.07) is 3.05. The van der Waals surface area contributed by atoms with Crippen LogP contribution in [-0.4, -0.2) is 30.6 Å². The number of anilines is 1. The van der Waals surface area contributed by atoms with Gasteiger partial charge in [0.25, 0.3) is 0 Å². The van der Waals surface area contributed by atoms with Crippen molar-refractivity contribution in [3.8, 4) is 0 Å². The van der Waals surface area contributed by atoms with Gasteiger partial charge < -0.3 is 10.1 Å². The second kappa shape index (κ2) is 10.2. The molecule has 3 rings (SSSR count). The predicted octanol–water partition coefficient (Wildman–Crippen LogP) is 3.86. The van der Waals surface area contributed by atoms with Gasteiger partial charge >= 0.3 is 11.4 Å². The van der Waals surface area contributed by atoms with Crippen LogP contribution in [0.3, 0.4) is 0 Å². The summed E-state index contributed by atoms with van der Waals surface area (Å²) in [4.78, 5) is 33.9. The van der Waals surface area contributed by atoms with Crippen LogP contribution in [0, 0.1) is 0 Å². The maximum absolute atomic E-state index is 13.2. The van der Waals surface area contributed by atoms with Gasteiger partial charge in [0.1, 0.15) is 16.3 Å². The number of hydrogen-bond donors (Lipinski definition) is 1. The van der Waals surface area contributed by atoms with E-state index in [-0.39, 0.29) is 24.6 Å². The lowest BCUT2D eigenvalue weighted by Gasteiger charge is -2.17. The van der Waals surface area contributed by atoms with E-state index in [0.717, 1.165) is 10.1 Å². The Bertz CT molecular complexity index is 1180. The van der Waals surface area contributed by atoms with Crippen LogP contribution < -0.4 is 16.7 Å². The van der Waals surface area contributed by atoms with Gasteiger partial charge in [-0.2, -0.15) is 4.98 Å². The number of alkyl halides is 1. The Morgan fingerprint density at radius 2 is 1.94 bits per heavy atom. The van der Waals surface area contributed by atoms with E-state index in [9.17, 15) is 9.59 Å². The van der Waals surface area contributed by atoms with Gasteiger partial charge in [0, 0.05) is 17.9 Å². The molecule has 10 heteroatoms. The second-order valence-electron chi connectivity index (χ2n) is 7.78. The third-order valence-corrected chi connectivity index (χ3v) is 5.10. The van der Waals surface area contributed by atoms with Crippen LogP contribution in [0.15, 0.2) is 63.7 Å². The van der Waals surface area contributed by atoms with Gasteiger partial charge in [-0.1, -0.05) is 23.7 Å². The number of allylic oxidation sites excluding steroid dienone is 4. The minimum atomic E-state index is -0.634. The summed E-state index contributed by atoms with van der Waals surface area (Å²) < 4.78 is 8.23. The Morgan fingerprint density at radius 1 is 1.19 bits per heavy atom. The highest BCUT2D eigenvalue weighted by Gasteiger charge is 2.18. The quantitative estimate of drug-likeness (QED) is 0.480. The summed E-state index contributed by atoms with van der Waals surface area (Å²) in [7, 11) is 0. The first kappa shape index (κ1) is 23.8. The fourth-order valence-electron chi connectivity index (χ4n) is 3.06. The summed E-state index contributed by atoms with van der Waals surface area (Å²) >= 11 is 12.2. The molecule has 0 spiro atoms. The van der Waals surface area contributed by atoms with E-state index in [1.165, 1.54) is 4.57 Å². The Hall–Kier alpha value is -2.84. The predicted molar refractivity (Wildman–Crippen MR) is 126 cm³/mol. The van der Waals surface area contributed by atoms with Crippen LogP contribution in [-0.2, 0) is 11.3 Å². The van der Waals surface area contributed by atoms with E-state index in [1.807, 2.05) is 13.8 Å². The molecule has 0 bridgehead atoms. The molecule has 0 radical (unpaired) electrons. The van der Waals surface area contributed by atoms with E-state index in [1.54, 1.807) is 56.5 Å². The fraction of sp³-hybridized carbons (Fsp3) is 0.364. The van der Waals surface area contributed by atoms with Crippen molar-refractivity contribution < 1.29 is 4.74 Å². The Labute approximate surface area is 195 Å². The SMILES string of the molecule is CC(C)OC1=CC=C(Nc2nc(=O)n(C(C)C)c(=O)n2Cc2ccc(Cl)nc2)C=CC1Cl. The molecule has 1 atom stereocenters. The van der Waals surface area contributed by atoms with Crippen molar-refractivity contribution in [2.45, 2.75) is 51.8 Å². The number of nitrogens with one attached hydrogen (secondary N) is 1. The topological polar surface area (TPSA) is 91.0 Å². The molecule has 2 heterocycles. The summed E-state index contributed by atoms with van der Waals surface area (Å²) in [6.45, 7) is 7.49. The molecule has 2 aromatic heterocycles. The average Bonchev–Trinajstić information content (AvgIpc) is 2.87. The van der Waals surface area contributed by atoms with Gasteiger partial charge in [-0.15, -0.1) is 11.6 Å². The van der Waals surface area contributed by atoms with E-state index < -0.39 is 16.8 Å². The van der Waals surface area contributed by atoms with E-state index in [4.69, 9.17) is 27.9 Å².